The highest BCUT2D eigenvalue weighted by atomic mass is 127. The predicted molar refractivity (Wildman–Crippen MR) is 78.4 cm³/mol. The average molecular weight is 349 g/mol. The number of likely N-dealkylation sites (N-methyl/N-ethyl adjacent to an activating group) is 1. The number of hydrogen-bond acceptors (Lipinski definition) is 3. The van der Waals surface area contributed by atoms with Gasteiger partial charge in [0.1, 0.15) is 0 Å². The summed E-state index contributed by atoms with van der Waals surface area (Å²) in [4.78, 5) is 0. The number of methoxy groups -OCH3 is 1. The largest absolute Gasteiger partial charge is 0.382 e. The molecule has 0 bridgehead atoms. The topological polar surface area (TPSA) is 30.5 Å². The Morgan fingerprint density at radius 1 is 1.24 bits per heavy atom. The summed E-state index contributed by atoms with van der Waals surface area (Å²) in [5, 5.41) is 3.27. The van der Waals surface area contributed by atoms with Crippen LogP contribution in [0.15, 0.2) is 24.3 Å². The smallest absolute Gasteiger partial charge is 0.0701 e. The van der Waals surface area contributed by atoms with Crippen molar-refractivity contribution >= 4 is 22.6 Å². The van der Waals surface area contributed by atoms with Crippen molar-refractivity contribution in [2.75, 3.05) is 34.0 Å². The summed E-state index contributed by atoms with van der Waals surface area (Å²) >= 11 is 2.32. The third kappa shape index (κ3) is 6.35. The molecular formula is C13H20INO2. The van der Waals surface area contributed by atoms with Crippen LogP contribution in [0.1, 0.15) is 5.56 Å². The third-order valence-electron chi connectivity index (χ3n) is 2.55. The maximum absolute atomic E-state index is 5.53. The molecule has 0 aliphatic rings. The second kappa shape index (κ2) is 8.85. The summed E-state index contributed by atoms with van der Waals surface area (Å²) in [6.45, 7) is 2.02. The Kier molecular flexibility index (Phi) is 7.75. The van der Waals surface area contributed by atoms with Gasteiger partial charge in [0, 0.05) is 16.7 Å². The van der Waals surface area contributed by atoms with E-state index in [1.165, 1.54) is 9.13 Å². The molecule has 0 amide bonds. The van der Waals surface area contributed by atoms with Crippen LogP contribution in [0.25, 0.3) is 0 Å². The van der Waals surface area contributed by atoms with Crippen LogP contribution in [0.3, 0.4) is 0 Å². The highest BCUT2D eigenvalue weighted by molar-refractivity contribution is 14.1. The van der Waals surface area contributed by atoms with E-state index in [1.807, 2.05) is 7.05 Å². The zero-order valence-corrected chi connectivity index (χ0v) is 12.6. The summed E-state index contributed by atoms with van der Waals surface area (Å²) in [6.07, 6.45) is 0.987. The molecule has 0 aromatic heterocycles. The molecule has 0 saturated heterocycles. The molecule has 3 nitrogen and oxygen atoms in total. The average Bonchev–Trinajstić information content (AvgIpc) is 2.35. The molecule has 1 rings (SSSR count). The monoisotopic (exact) mass is 349 g/mol. The van der Waals surface area contributed by atoms with E-state index in [-0.39, 0.29) is 0 Å². The van der Waals surface area contributed by atoms with Crippen LogP contribution < -0.4 is 5.32 Å². The molecule has 0 aliphatic heterocycles. The lowest BCUT2D eigenvalue weighted by Gasteiger charge is -2.16. The van der Waals surface area contributed by atoms with E-state index in [1.54, 1.807) is 7.11 Å². The highest BCUT2D eigenvalue weighted by Crippen LogP contribution is 2.09. The van der Waals surface area contributed by atoms with E-state index < -0.39 is 0 Å². The fraction of sp³-hybridized carbons (Fsp3) is 0.538. The van der Waals surface area contributed by atoms with Crippen molar-refractivity contribution in [2.24, 2.45) is 0 Å². The minimum atomic E-state index is 0.354. The van der Waals surface area contributed by atoms with Gasteiger partial charge in [-0.05, 0) is 53.8 Å². The molecular weight excluding hydrogens is 329 g/mol. The van der Waals surface area contributed by atoms with E-state index in [2.05, 4.69) is 52.2 Å². The van der Waals surface area contributed by atoms with E-state index in [9.17, 15) is 0 Å². The molecule has 0 fully saturated rings. The lowest BCUT2D eigenvalue weighted by molar-refractivity contribution is 0.0598. The maximum Gasteiger partial charge on any atom is 0.0701 e. The van der Waals surface area contributed by atoms with Crippen LogP contribution in [0.5, 0.6) is 0 Å². The summed E-state index contributed by atoms with van der Waals surface area (Å²) < 4.78 is 11.7. The first-order chi connectivity index (χ1) is 8.26. The number of benzene rings is 1. The Morgan fingerprint density at radius 3 is 2.53 bits per heavy atom. The second-order valence-corrected chi connectivity index (χ2v) is 5.13. The van der Waals surface area contributed by atoms with E-state index in [0.717, 1.165) is 6.42 Å². The van der Waals surface area contributed by atoms with Gasteiger partial charge in [0.2, 0.25) is 0 Å². The van der Waals surface area contributed by atoms with E-state index in [0.29, 0.717) is 25.9 Å². The van der Waals surface area contributed by atoms with Gasteiger partial charge in [0.25, 0.3) is 0 Å². The molecule has 17 heavy (non-hydrogen) atoms. The molecule has 1 aromatic rings. The second-order valence-electron chi connectivity index (χ2n) is 3.88. The predicted octanol–water partition coefficient (Wildman–Crippen LogP) is 2.08. The molecule has 0 aliphatic carbocycles. The fourth-order valence-electron chi connectivity index (χ4n) is 1.52. The Hall–Kier alpha value is -0.170. The standard InChI is InChI=1S/C13H20INO2/c1-15-13(10-17-8-7-16-2)9-11-3-5-12(14)6-4-11/h3-6,13,15H,7-10H2,1-2H3. The number of rotatable bonds is 8. The molecule has 1 unspecified atom stereocenters. The molecule has 0 spiro atoms. The number of hydrogen-bond donors (Lipinski definition) is 1. The maximum atomic E-state index is 5.53. The van der Waals surface area contributed by atoms with E-state index in [4.69, 9.17) is 9.47 Å². The van der Waals surface area contributed by atoms with Crippen LogP contribution in [-0.4, -0.2) is 40.0 Å². The lowest BCUT2D eigenvalue weighted by Crippen LogP contribution is -2.33. The van der Waals surface area contributed by atoms with Crippen LogP contribution in [0, 0.1) is 3.57 Å². The van der Waals surface area contributed by atoms with Crippen molar-refractivity contribution in [3.63, 3.8) is 0 Å². The highest BCUT2D eigenvalue weighted by Gasteiger charge is 2.07. The van der Waals surface area contributed by atoms with Crippen molar-refractivity contribution in [2.45, 2.75) is 12.5 Å². The van der Waals surface area contributed by atoms with Crippen LogP contribution >= 0.6 is 22.6 Å². The first-order valence-corrected chi connectivity index (χ1v) is 6.82. The van der Waals surface area contributed by atoms with Gasteiger partial charge in [-0.2, -0.15) is 0 Å². The minimum absolute atomic E-state index is 0.354. The van der Waals surface area contributed by atoms with Crippen molar-refractivity contribution in [3.05, 3.63) is 33.4 Å². The van der Waals surface area contributed by atoms with Crippen molar-refractivity contribution in [1.82, 2.24) is 5.32 Å². The van der Waals surface area contributed by atoms with Gasteiger partial charge < -0.3 is 14.8 Å². The molecule has 4 heteroatoms. The number of ether oxygens (including phenoxy) is 2. The molecule has 0 saturated carbocycles. The third-order valence-corrected chi connectivity index (χ3v) is 3.27. The molecule has 0 heterocycles. The number of halogens is 1. The van der Waals surface area contributed by atoms with Gasteiger partial charge in [0.15, 0.2) is 0 Å². The van der Waals surface area contributed by atoms with Crippen molar-refractivity contribution < 1.29 is 9.47 Å². The van der Waals surface area contributed by atoms with Gasteiger partial charge >= 0.3 is 0 Å². The van der Waals surface area contributed by atoms with Crippen LogP contribution in [0.4, 0.5) is 0 Å². The summed E-state index contributed by atoms with van der Waals surface area (Å²) in [7, 11) is 3.65. The first-order valence-electron chi connectivity index (χ1n) is 5.74. The van der Waals surface area contributed by atoms with Gasteiger partial charge in [-0.1, -0.05) is 12.1 Å². The first kappa shape index (κ1) is 14.9. The van der Waals surface area contributed by atoms with Gasteiger partial charge in [-0.25, -0.2) is 0 Å². The molecule has 96 valence electrons. The van der Waals surface area contributed by atoms with Crippen molar-refractivity contribution in [1.29, 1.82) is 0 Å². The molecule has 1 atom stereocenters. The quantitative estimate of drug-likeness (QED) is 0.576. The zero-order valence-electron chi connectivity index (χ0n) is 10.4. The SMILES string of the molecule is CNC(COCCOC)Cc1ccc(I)cc1. The van der Waals surface area contributed by atoms with Gasteiger partial charge in [-0.3, -0.25) is 0 Å². The Labute approximate surface area is 117 Å². The lowest BCUT2D eigenvalue weighted by atomic mass is 10.1. The van der Waals surface area contributed by atoms with Gasteiger partial charge in [-0.15, -0.1) is 0 Å². The Morgan fingerprint density at radius 2 is 1.94 bits per heavy atom. The Balaban J connectivity index is 2.33. The van der Waals surface area contributed by atoms with Crippen LogP contribution in [-0.2, 0) is 15.9 Å². The van der Waals surface area contributed by atoms with E-state index >= 15 is 0 Å². The summed E-state index contributed by atoms with van der Waals surface area (Å²) in [5.74, 6) is 0. The Bertz CT molecular complexity index is 303. The van der Waals surface area contributed by atoms with Gasteiger partial charge in [0.05, 0.1) is 19.8 Å². The normalized spacial score (nSPS) is 12.6. The number of nitrogens with one attached hydrogen (secondary N) is 1. The fourth-order valence-corrected chi connectivity index (χ4v) is 1.88. The zero-order chi connectivity index (χ0) is 12.5. The summed E-state index contributed by atoms with van der Waals surface area (Å²) in [5.41, 5.74) is 1.33. The molecule has 1 aromatic carbocycles. The molecule has 0 radical (unpaired) electrons. The summed E-state index contributed by atoms with van der Waals surface area (Å²) in [6, 6.07) is 8.96. The van der Waals surface area contributed by atoms with Crippen LogP contribution in [0.2, 0.25) is 0 Å². The molecule has 1 N–H and O–H groups in total. The van der Waals surface area contributed by atoms with Crippen molar-refractivity contribution in [3.8, 4) is 0 Å². The minimum Gasteiger partial charge on any atom is -0.382 e.